The number of ketones is 1. The Kier molecular flexibility index (Phi) is 16.9. The number of phenols is 6. The molecular formula is C27H36O9. The first-order valence-electron chi connectivity index (χ1n) is 11.2. The molecule has 3 rings (SSSR count). The molecule has 3 aromatic carbocycles. The maximum atomic E-state index is 10.8. The Balaban J connectivity index is 0. The van der Waals surface area contributed by atoms with Crippen molar-refractivity contribution in [1.82, 2.24) is 0 Å². The molecule has 0 atom stereocenters. The number of carbonyl (C=O) groups excluding carboxylic acids is 1. The fourth-order valence-electron chi connectivity index (χ4n) is 2.46. The van der Waals surface area contributed by atoms with E-state index in [9.17, 15) is 9.59 Å². The molecule has 0 aliphatic heterocycles. The molecule has 0 aliphatic rings. The number of carbonyl (C=O) groups is 2. The van der Waals surface area contributed by atoms with Gasteiger partial charge in [-0.1, -0.05) is 46.8 Å². The van der Waals surface area contributed by atoms with E-state index >= 15 is 0 Å². The van der Waals surface area contributed by atoms with Crippen molar-refractivity contribution < 1.29 is 45.3 Å². The minimum atomic E-state index is -1.18. The molecule has 0 aromatic heterocycles. The molecular weight excluding hydrogens is 468 g/mol. The lowest BCUT2D eigenvalue weighted by molar-refractivity contribution is 0.0695. The van der Waals surface area contributed by atoms with Crippen molar-refractivity contribution in [3.05, 3.63) is 71.3 Å². The van der Waals surface area contributed by atoms with Gasteiger partial charge in [0.1, 0.15) is 40.1 Å². The van der Waals surface area contributed by atoms with Gasteiger partial charge in [0, 0.05) is 12.1 Å². The lowest BCUT2D eigenvalue weighted by atomic mass is 10.1. The molecule has 7 N–H and O–H groups in total. The maximum Gasteiger partial charge on any atom is 0.335 e. The van der Waals surface area contributed by atoms with Gasteiger partial charge in [-0.25, -0.2) is 4.79 Å². The van der Waals surface area contributed by atoms with Crippen molar-refractivity contribution in [3.8, 4) is 34.5 Å². The molecule has 3 aromatic rings. The summed E-state index contributed by atoms with van der Waals surface area (Å²) in [5.74, 6) is -2.14. The molecule has 0 unspecified atom stereocenters. The molecule has 0 saturated heterocycles. The summed E-state index contributed by atoms with van der Waals surface area (Å²) in [5, 5.41) is 62.2. The Labute approximate surface area is 211 Å². The largest absolute Gasteiger partial charge is 0.508 e. The maximum absolute atomic E-state index is 10.8. The Bertz CT molecular complexity index is 1050. The number of aromatic carboxylic acids is 1. The Morgan fingerprint density at radius 3 is 1.47 bits per heavy atom. The van der Waals surface area contributed by atoms with Crippen LogP contribution in [0.5, 0.6) is 34.5 Å². The quantitative estimate of drug-likeness (QED) is 0.217. The fourth-order valence-corrected chi connectivity index (χ4v) is 2.46. The average molecular weight is 505 g/mol. The topological polar surface area (TPSA) is 176 Å². The smallest absolute Gasteiger partial charge is 0.335 e. The third-order valence-electron chi connectivity index (χ3n) is 3.97. The zero-order valence-electron chi connectivity index (χ0n) is 21.4. The van der Waals surface area contributed by atoms with Gasteiger partial charge >= 0.3 is 5.97 Å². The van der Waals surface area contributed by atoms with E-state index in [1.807, 2.05) is 34.6 Å². The van der Waals surface area contributed by atoms with Crippen LogP contribution in [0, 0.1) is 0 Å². The first kappa shape index (κ1) is 33.8. The SMILES string of the molecule is CC.CC.CC(=O)c1c(O)cccc1O.CCc1ccc(O)cc1O.O=C(O)c1cc(O)cc(O)c1. The van der Waals surface area contributed by atoms with Crippen LogP contribution >= 0.6 is 0 Å². The van der Waals surface area contributed by atoms with E-state index in [-0.39, 0.29) is 51.4 Å². The van der Waals surface area contributed by atoms with Crippen LogP contribution < -0.4 is 0 Å². The van der Waals surface area contributed by atoms with E-state index in [2.05, 4.69) is 0 Å². The molecule has 0 heterocycles. The number of carboxylic acid groups (broad SMARTS) is 1. The van der Waals surface area contributed by atoms with Crippen LogP contribution in [0.4, 0.5) is 0 Å². The average Bonchev–Trinajstić information content (AvgIpc) is 2.82. The van der Waals surface area contributed by atoms with Gasteiger partial charge in [0.2, 0.25) is 0 Å². The van der Waals surface area contributed by atoms with Crippen molar-refractivity contribution >= 4 is 11.8 Å². The van der Waals surface area contributed by atoms with E-state index < -0.39 is 5.97 Å². The van der Waals surface area contributed by atoms with E-state index in [0.29, 0.717) is 0 Å². The van der Waals surface area contributed by atoms with Crippen molar-refractivity contribution in [1.29, 1.82) is 0 Å². The molecule has 9 heteroatoms. The number of hydrogen-bond acceptors (Lipinski definition) is 8. The number of carboxylic acids is 1. The van der Waals surface area contributed by atoms with E-state index in [4.69, 9.17) is 35.7 Å². The Hall–Kier alpha value is -4.40. The van der Waals surface area contributed by atoms with Gasteiger partial charge in [-0.2, -0.15) is 0 Å². The van der Waals surface area contributed by atoms with Crippen LogP contribution in [-0.2, 0) is 6.42 Å². The predicted molar refractivity (Wildman–Crippen MR) is 138 cm³/mol. The third-order valence-corrected chi connectivity index (χ3v) is 3.97. The zero-order chi connectivity index (χ0) is 28.4. The standard InChI is InChI=1S/C8H8O3.C8H10O2.C7H6O4.2C2H6/c1-5(9)8-6(10)3-2-4-7(8)11;1-2-6-3-4-7(9)5-8(6)10;8-5-1-4(7(10)11)2-6(9)3-5;2*1-2/h2-4,10-11H,1H3;3-5,9-10H,2H2,1H3;1-3,8-9H,(H,10,11);2*1-2H3. The summed E-state index contributed by atoms with van der Waals surface area (Å²) in [6.07, 6.45) is 0.784. The molecule has 0 aliphatic carbocycles. The first-order chi connectivity index (χ1) is 17.0. The van der Waals surface area contributed by atoms with Crippen molar-refractivity contribution in [2.24, 2.45) is 0 Å². The summed E-state index contributed by atoms with van der Waals surface area (Å²) < 4.78 is 0. The van der Waals surface area contributed by atoms with Crippen LogP contribution in [0.15, 0.2) is 54.6 Å². The Morgan fingerprint density at radius 2 is 1.14 bits per heavy atom. The summed E-state index contributed by atoms with van der Waals surface area (Å²) >= 11 is 0. The van der Waals surface area contributed by atoms with Crippen LogP contribution in [0.2, 0.25) is 0 Å². The number of Topliss-reactive ketones (excluding diaryl/α,β-unsaturated/α-hetero) is 1. The molecule has 36 heavy (non-hydrogen) atoms. The molecule has 0 bridgehead atoms. The second kappa shape index (κ2) is 18.0. The lowest BCUT2D eigenvalue weighted by Gasteiger charge is -2.01. The molecule has 9 nitrogen and oxygen atoms in total. The number of aromatic hydroxyl groups is 6. The van der Waals surface area contributed by atoms with Crippen LogP contribution in [-0.4, -0.2) is 47.5 Å². The third kappa shape index (κ3) is 12.2. The summed E-state index contributed by atoms with van der Waals surface area (Å²) in [4.78, 5) is 21.1. The van der Waals surface area contributed by atoms with E-state index in [0.717, 1.165) is 30.2 Å². The zero-order valence-corrected chi connectivity index (χ0v) is 21.4. The van der Waals surface area contributed by atoms with Gasteiger partial charge in [0.25, 0.3) is 0 Å². The predicted octanol–water partition coefficient (Wildman–Crippen LogP) is 5.81. The monoisotopic (exact) mass is 504 g/mol. The van der Waals surface area contributed by atoms with E-state index in [1.165, 1.54) is 31.2 Å². The molecule has 0 amide bonds. The molecule has 0 radical (unpaired) electrons. The van der Waals surface area contributed by atoms with Crippen molar-refractivity contribution in [3.63, 3.8) is 0 Å². The Morgan fingerprint density at radius 1 is 0.667 bits per heavy atom. The molecule has 0 spiro atoms. The highest BCUT2D eigenvalue weighted by Crippen LogP contribution is 2.26. The second-order valence-electron chi connectivity index (χ2n) is 6.44. The van der Waals surface area contributed by atoms with Gasteiger partial charge in [-0.3, -0.25) is 4.79 Å². The van der Waals surface area contributed by atoms with Gasteiger partial charge in [0.15, 0.2) is 5.78 Å². The molecule has 0 fully saturated rings. The van der Waals surface area contributed by atoms with Crippen molar-refractivity contribution in [2.45, 2.75) is 48.0 Å². The fraction of sp³-hybridized carbons (Fsp3) is 0.259. The van der Waals surface area contributed by atoms with Gasteiger partial charge in [-0.05, 0) is 49.2 Å². The number of aryl methyl sites for hydroxylation is 1. The normalized spacial score (nSPS) is 8.83. The summed E-state index contributed by atoms with van der Waals surface area (Å²) in [6, 6.07) is 12.0. The number of hydrogen-bond donors (Lipinski definition) is 7. The minimum absolute atomic E-state index is 0.0208. The number of rotatable bonds is 3. The first-order valence-corrected chi connectivity index (χ1v) is 11.2. The van der Waals surface area contributed by atoms with E-state index in [1.54, 1.807) is 12.1 Å². The van der Waals surface area contributed by atoms with Gasteiger partial charge < -0.3 is 35.7 Å². The molecule has 0 saturated carbocycles. The van der Waals surface area contributed by atoms with Crippen molar-refractivity contribution in [2.75, 3.05) is 0 Å². The highest BCUT2D eigenvalue weighted by atomic mass is 16.4. The van der Waals surface area contributed by atoms with Gasteiger partial charge in [-0.15, -0.1) is 0 Å². The highest BCUT2D eigenvalue weighted by molar-refractivity contribution is 5.99. The van der Waals surface area contributed by atoms with Gasteiger partial charge in [0.05, 0.1) is 5.56 Å². The van der Waals surface area contributed by atoms with Crippen LogP contribution in [0.1, 0.15) is 67.8 Å². The number of benzene rings is 3. The minimum Gasteiger partial charge on any atom is -0.508 e. The summed E-state index contributed by atoms with van der Waals surface area (Å²) in [7, 11) is 0. The van der Waals surface area contributed by atoms with Crippen LogP contribution in [0.25, 0.3) is 0 Å². The number of phenolic OH excluding ortho intramolecular Hbond substituents is 6. The second-order valence-corrected chi connectivity index (χ2v) is 6.44. The summed E-state index contributed by atoms with van der Waals surface area (Å²) in [6.45, 7) is 11.2. The highest BCUT2D eigenvalue weighted by Gasteiger charge is 2.10. The lowest BCUT2D eigenvalue weighted by Crippen LogP contribution is -1.94. The van der Waals surface area contributed by atoms with Crippen LogP contribution in [0.3, 0.4) is 0 Å². The molecule has 198 valence electrons. The summed E-state index contributed by atoms with van der Waals surface area (Å²) in [5.41, 5.74) is 0.702.